The van der Waals surface area contributed by atoms with E-state index in [1.807, 2.05) is 37.3 Å². The number of nitrogens with one attached hydrogen (secondary N) is 1. The van der Waals surface area contributed by atoms with Crippen LogP contribution in [-0.2, 0) is 11.8 Å². The number of nitrogens with zero attached hydrogens (tertiary/aromatic N) is 1. The molecule has 0 aliphatic carbocycles. The minimum Gasteiger partial charge on any atom is -0.432 e. The predicted molar refractivity (Wildman–Crippen MR) is 69.9 cm³/mol. The lowest BCUT2D eigenvalue weighted by Gasteiger charge is -2.24. The lowest BCUT2D eigenvalue weighted by atomic mass is 10.3. The maximum Gasteiger partial charge on any atom is 0.322 e. The van der Waals surface area contributed by atoms with Gasteiger partial charge in [-0.1, -0.05) is 18.2 Å². The third kappa shape index (κ3) is 2.62. The van der Waals surface area contributed by atoms with E-state index in [2.05, 4.69) is 9.85 Å². The topological polar surface area (TPSA) is 59.6 Å². The van der Waals surface area contributed by atoms with E-state index >= 15 is 0 Å². The number of hydrogen-bond acceptors (Lipinski definition) is 3. The van der Waals surface area contributed by atoms with Gasteiger partial charge in [-0.25, -0.2) is 0 Å². The summed E-state index contributed by atoms with van der Waals surface area (Å²) in [6, 6.07) is 9.37. The zero-order chi connectivity index (χ0) is 11.6. The summed E-state index contributed by atoms with van der Waals surface area (Å²) in [7, 11) is 0. The molecule has 0 saturated heterocycles. The van der Waals surface area contributed by atoms with Gasteiger partial charge < -0.3 is 15.3 Å². The molecule has 6 heteroatoms. The number of rotatable bonds is 2. The van der Waals surface area contributed by atoms with Crippen molar-refractivity contribution in [2.75, 3.05) is 0 Å². The van der Waals surface area contributed by atoms with Crippen LogP contribution in [0.2, 0.25) is 0 Å². The van der Waals surface area contributed by atoms with Gasteiger partial charge >= 0.3 is 6.57 Å². The average Bonchev–Trinajstić information content (AvgIpc) is 2.15. The second kappa shape index (κ2) is 4.28. The molecule has 0 bridgehead atoms. The Morgan fingerprint density at radius 2 is 2.06 bits per heavy atom. The van der Waals surface area contributed by atoms with Crippen LogP contribution in [-0.4, -0.2) is 5.84 Å². The molecule has 4 nitrogen and oxygen atoms in total. The van der Waals surface area contributed by atoms with E-state index < -0.39 is 6.57 Å². The van der Waals surface area contributed by atoms with Gasteiger partial charge in [0.15, 0.2) is 0 Å². The highest BCUT2D eigenvalue weighted by Gasteiger charge is 2.22. The second-order valence-corrected chi connectivity index (χ2v) is 6.52. The minimum atomic E-state index is -2.47. The molecule has 0 radical (unpaired) electrons. The molecule has 16 heavy (non-hydrogen) atoms. The lowest BCUT2D eigenvalue weighted by Crippen LogP contribution is -2.21. The van der Waals surface area contributed by atoms with Crippen LogP contribution >= 0.6 is 6.57 Å². The van der Waals surface area contributed by atoms with Gasteiger partial charge in [0.25, 0.3) is 0 Å². The summed E-state index contributed by atoms with van der Waals surface area (Å²) in [4.78, 5) is 0. The van der Waals surface area contributed by atoms with Crippen molar-refractivity contribution < 1.29 is 4.52 Å². The normalized spacial score (nSPS) is 24.1. The third-order valence-electron chi connectivity index (χ3n) is 1.90. The molecule has 0 aromatic heterocycles. The van der Waals surface area contributed by atoms with Crippen molar-refractivity contribution in [3.05, 3.63) is 42.1 Å². The van der Waals surface area contributed by atoms with E-state index in [0.29, 0.717) is 11.6 Å². The SMILES string of the molecule is CC1=CC(N)=NP(=S)(Oc2ccccc2)N1. The summed E-state index contributed by atoms with van der Waals surface area (Å²) in [6.07, 6.45) is 1.74. The number of hydrogen-bond donors (Lipinski definition) is 2. The largest absolute Gasteiger partial charge is 0.432 e. The van der Waals surface area contributed by atoms with Crippen molar-refractivity contribution >= 4 is 24.2 Å². The molecule has 0 saturated carbocycles. The van der Waals surface area contributed by atoms with Crippen LogP contribution in [0.3, 0.4) is 0 Å². The molecule has 1 heterocycles. The third-order valence-corrected chi connectivity index (χ3v) is 4.23. The lowest BCUT2D eigenvalue weighted by molar-refractivity contribution is 0.602. The maximum absolute atomic E-state index is 5.69. The van der Waals surface area contributed by atoms with Crippen LogP contribution in [0.25, 0.3) is 0 Å². The van der Waals surface area contributed by atoms with Crippen molar-refractivity contribution in [2.45, 2.75) is 6.92 Å². The fourth-order valence-corrected chi connectivity index (χ4v) is 3.74. The molecule has 3 N–H and O–H groups in total. The highest BCUT2D eigenvalue weighted by molar-refractivity contribution is 8.11. The molecular weight excluding hydrogens is 241 g/mol. The first-order valence-corrected chi connectivity index (χ1v) is 7.42. The summed E-state index contributed by atoms with van der Waals surface area (Å²) in [5.74, 6) is 1.11. The van der Waals surface area contributed by atoms with Crippen molar-refractivity contribution in [3.8, 4) is 5.75 Å². The molecule has 84 valence electrons. The Balaban J connectivity index is 2.23. The molecule has 1 aliphatic heterocycles. The average molecular weight is 253 g/mol. The number of allylic oxidation sites excluding steroid dienone is 1. The van der Waals surface area contributed by atoms with E-state index in [4.69, 9.17) is 22.1 Å². The van der Waals surface area contributed by atoms with Crippen molar-refractivity contribution in [1.82, 2.24) is 5.09 Å². The molecule has 1 atom stereocenters. The molecule has 1 unspecified atom stereocenters. The van der Waals surface area contributed by atoms with Gasteiger partial charge in [0.2, 0.25) is 0 Å². The standard InChI is InChI=1S/C10H12N3OPS/c1-8-7-10(11)13-15(16,12-8)14-9-5-3-2-4-6-9/h2-7H,1H3,(H3,11,12,13,16). The van der Waals surface area contributed by atoms with Gasteiger partial charge in [-0.3, -0.25) is 0 Å². The molecular formula is C10H12N3OPS. The Kier molecular flexibility index (Phi) is 2.99. The van der Waals surface area contributed by atoms with Crippen molar-refractivity contribution in [3.63, 3.8) is 0 Å². The zero-order valence-electron chi connectivity index (χ0n) is 8.75. The monoisotopic (exact) mass is 253 g/mol. The van der Waals surface area contributed by atoms with Gasteiger partial charge in [0.1, 0.15) is 11.6 Å². The summed E-state index contributed by atoms with van der Waals surface area (Å²) in [5.41, 5.74) is 6.55. The van der Waals surface area contributed by atoms with Crippen LogP contribution in [0.1, 0.15) is 6.92 Å². The zero-order valence-corrected chi connectivity index (χ0v) is 10.5. The van der Waals surface area contributed by atoms with Gasteiger partial charge in [-0.15, -0.1) is 0 Å². The van der Waals surface area contributed by atoms with Crippen LogP contribution in [0.4, 0.5) is 0 Å². The molecule has 1 aromatic rings. The van der Waals surface area contributed by atoms with E-state index in [1.165, 1.54) is 0 Å². The van der Waals surface area contributed by atoms with Crippen LogP contribution in [0.5, 0.6) is 5.75 Å². The Morgan fingerprint density at radius 3 is 2.69 bits per heavy atom. The minimum absolute atomic E-state index is 0.413. The predicted octanol–water partition coefficient (Wildman–Crippen LogP) is 2.15. The number of para-hydroxylation sites is 1. The van der Waals surface area contributed by atoms with Gasteiger partial charge in [0.05, 0.1) is 0 Å². The highest BCUT2D eigenvalue weighted by Crippen LogP contribution is 2.47. The summed E-state index contributed by atoms with van der Waals surface area (Å²) in [6.45, 7) is -0.584. The first-order chi connectivity index (χ1) is 7.57. The highest BCUT2D eigenvalue weighted by atomic mass is 32.4. The molecule has 1 aliphatic rings. The van der Waals surface area contributed by atoms with Crippen LogP contribution in [0.15, 0.2) is 46.9 Å². The Labute approximate surface area is 99.4 Å². The Bertz CT molecular complexity index is 498. The fraction of sp³-hybridized carbons (Fsp3) is 0.100. The second-order valence-electron chi connectivity index (χ2n) is 3.39. The van der Waals surface area contributed by atoms with Crippen LogP contribution < -0.4 is 15.3 Å². The molecule has 0 amide bonds. The number of benzene rings is 1. The quantitative estimate of drug-likeness (QED) is 0.793. The fourth-order valence-electron chi connectivity index (χ4n) is 1.35. The smallest absolute Gasteiger partial charge is 0.322 e. The summed E-state index contributed by atoms with van der Waals surface area (Å²) < 4.78 is 9.86. The Hall–Kier alpha value is -1.32. The number of amidine groups is 1. The van der Waals surface area contributed by atoms with E-state index in [0.717, 1.165) is 5.70 Å². The van der Waals surface area contributed by atoms with Crippen LogP contribution in [0, 0.1) is 0 Å². The number of nitrogens with two attached hydrogens (primary N) is 1. The molecule has 0 fully saturated rings. The first-order valence-electron chi connectivity index (χ1n) is 4.74. The maximum atomic E-state index is 5.69. The van der Waals surface area contributed by atoms with Crippen molar-refractivity contribution in [2.24, 2.45) is 10.5 Å². The molecule has 2 rings (SSSR count). The molecule has 1 aromatic carbocycles. The summed E-state index contributed by atoms with van der Waals surface area (Å²) in [5, 5.41) is 3.07. The van der Waals surface area contributed by atoms with E-state index in [9.17, 15) is 0 Å². The van der Waals surface area contributed by atoms with E-state index in [1.54, 1.807) is 6.08 Å². The van der Waals surface area contributed by atoms with Gasteiger partial charge in [0, 0.05) is 5.70 Å². The van der Waals surface area contributed by atoms with Gasteiger partial charge in [-0.05, 0) is 36.9 Å². The van der Waals surface area contributed by atoms with E-state index in [-0.39, 0.29) is 0 Å². The van der Waals surface area contributed by atoms with Gasteiger partial charge in [-0.2, -0.15) is 4.76 Å². The van der Waals surface area contributed by atoms with Crippen molar-refractivity contribution in [1.29, 1.82) is 0 Å². The first kappa shape index (κ1) is 11.2. The molecule has 0 spiro atoms. The Morgan fingerprint density at radius 1 is 1.38 bits per heavy atom. The summed E-state index contributed by atoms with van der Waals surface area (Å²) >= 11 is 5.36.